The van der Waals surface area contributed by atoms with Gasteiger partial charge in [-0.3, -0.25) is 4.79 Å². The number of rotatable bonds is 6. The maximum Gasteiger partial charge on any atom is 0.323 e. The average molecular weight is 349 g/mol. The van der Waals surface area contributed by atoms with Crippen LogP contribution in [0.3, 0.4) is 0 Å². The van der Waals surface area contributed by atoms with Gasteiger partial charge in [0.15, 0.2) is 0 Å². The molecule has 1 atom stereocenters. The van der Waals surface area contributed by atoms with Gasteiger partial charge in [0.25, 0.3) is 0 Å². The fourth-order valence-electron chi connectivity index (χ4n) is 1.93. The zero-order chi connectivity index (χ0) is 15.6. The summed E-state index contributed by atoms with van der Waals surface area (Å²) in [5.74, 6) is -1.47. The van der Waals surface area contributed by atoms with Gasteiger partial charge in [-0.1, -0.05) is 0 Å². The van der Waals surface area contributed by atoms with Crippen molar-refractivity contribution in [3.8, 4) is 0 Å². The summed E-state index contributed by atoms with van der Waals surface area (Å²) in [4.78, 5) is 11.2. The van der Waals surface area contributed by atoms with Crippen LogP contribution in [-0.4, -0.2) is 80.1 Å². The van der Waals surface area contributed by atoms with Crippen LogP contribution in [-0.2, 0) is 24.8 Å². The number of alkyl halides is 1. The van der Waals surface area contributed by atoms with Crippen LogP contribution in [0.25, 0.3) is 0 Å². The molecule has 1 heterocycles. The zero-order valence-corrected chi connectivity index (χ0v) is 13.3. The van der Waals surface area contributed by atoms with Gasteiger partial charge >= 0.3 is 5.97 Å². The van der Waals surface area contributed by atoms with Gasteiger partial charge in [-0.25, -0.2) is 16.8 Å². The van der Waals surface area contributed by atoms with Gasteiger partial charge in [0, 0.05) is 25.5 Å². The second-order valence-electron chi connectivity index (χ2n) is 4.44. The van der Waals surface area contributed by atoms with Gasteiger partial charge in [0.1, 0.15) is 6.04 Å². The Kier molecular flexibility index (Phi) is 5.79. The lowest BCUT2D eigenvalue weighted by molar-refractivity contribution is -0.142. The minimum absolute atomic E-state index is 0.0529. The van der Waals surface area contributed by atoms with Crippen LogP contribution in [0.5, 0.6) is 0 Å². The van der Waals surface area contributed by atoms with Crippen molar-refractivity contribution in [1.82, 2.24) is 8.61 Å². The Bertz CT molecular complexity index is 561. The first-order valence-corrected chi connectivity index (χ1v) is 9.82. The SMILES string of the molecule is CS(=O)(=O)N1CCN(S(=O)(=O)CCCCl)C(C(=O)O)C1. The van der Waals surface area contributed by atoms with Crippen LogP contribution >= 0.6 is 11.6 Å². The predicted molar refractivity (Wildman–Crippen MR) is 73.7 cm³/mol. The molecular weight excluding hydrogens is 332 g/mol. The van der Waals surface area contributed by atoms with E-state index < -0.39 is 32.1 Å². The molecule has 0 saturated carbocycles. The van der Waals surface area contributed by atoms with Gasteiger partial charge in [0.2, 0.25) is 20.0 Å². The van der Waals surface area contributed by atoms with Gasteiger partial charge in [0.05, 0.1) is 12.0 Å². The Morgan fingerprint density at radius 1 is 1.30 bits per heavy atom. The minimum Gasteiger partial charge on any atom is -0.480 e. The Labute approximate surface area is 123 Å². The first-order chi connectivity index (χ1) is 9.09. The molecule has 1 aliphatic rings. The Morgan fingerprint density at radius 3 is 2.35 bits per heavy atom. The number of hydrogen-bond acceptors (Lipinski definition) is 5. The van der Waals surface area contributed by atoms with E-state index in [1.807, 2.05) is 0 Å². The summed E-state index contributed by atoms with van der Waals surface area (Å²) in [7, 11) is -7.31. The predicted octanol–water partition coefficient (Wildman–Crippen LogP) is -1.02. The van der Waals surface area contributed by atoms with Crippen LogP contribution in [0, 0.1) is 0 Å². The van der Waals surface area contributed by atoms with Gasteiger partial charge in [-0.15, -0.1) is 11.6 Å². The zero-order valence-electron chi connectivity index (χ0n) is 10.9. The van der Waals surface area contributed by atoms with Crippen molar-refractivity contribution in [3.63, 3.8) is 0 Å². The highest BCUT2D eigenvalue weighted by atomic mass is 35.5. The highest BCUT2D eigenvalue weighted by molar-refractivity contribution is 7.89. The molecule has 118 valence electrons. The smallest absolute Gasteiger partial charge is 0.323 e. The van der Waals surface area contributed by atoms with Crippen LogP contribution < -0.4 is 0 Å². The number of carboxylic acids is 1. The van der Waals surface area contributed by atoms with E-state index in [0.717, 1.165) is 14.9 Å². The van der Waals surface area contributed by atoms with Gasteiger partial charge < -0.3 is 5.11 Å². The van der Waals surface area contributed by atoms with Crippen LogP contribution in [0.15, 0.2) is 0 Å². The molecule has 1 rings (SSSR count). The fourth-order valence-corrected chi connectivity index (χ4v) is 4.70. The summed E-state index contributed by atoms with van der Waals surface area (Å²) >= 11 is 5.44. The van der Waals surface area contributed by atoms with E-state index in [4.69, 9.17) is 16.7 Å². The third-order valence-corrected chi connectivity index (χ3v) is 6.43. The Balaban J connectivity index is 2.97. The van der Waals surface area contributed by atoms with Crippen molar-refractivity contribution >= 4 is 37.6 Å². The highest BCUT2D eigenvalue weighted by Crippen LogP contribution is 2.18. The van der Waals surface area contributed by atoms with Crippen molar-refractivity contribution in [2.45, 2.75) is 12.5 Å². The highest BCUT2D eigenvalue weighted by Gasteiger charge is 2.41. The third-order valence-electron chi connectivity index (χ3n) is 2.94. The molecule has 1 N–H and O–H groups in total. The lowest BCUT2D eigenvalue weighted by Crippen LogP contribution is -2.59. The average Bonchev–Trinajstić information content (AvgIpc) is 2.34. The van der Waals surface area contributed by atoms with E-state index in [9.17, 15) is 21.6 Å². The first-order valence-electron chi connectivity index (χ1n) is 5.83. The van der Waals surface area contributed by atoms with Crippen LogP contribution in [0.2, 0.25) is 0 Å². The maximum absolute atomic E-state index is 12.1. The van der Waals surface area contributed by atoms with E-state index in [1.165, 1.54) is 0 Å². The van der Waals surface area contributed by atoms with Crippen molar-refractivity contribution in [3.05, 3.63) is 0 Å². The molecule has 0 bridgehead atoms. The Morgan fingerprint density at radius 2 is 1.90 bits per heavy atom. The van der Waals surface area contributed by atoms with Crippen molar-refractivity contribution in [1.29, 1.82) is 0 Å². The monoisotopic (exact) mass is 348 g/mol. The topological polar surface area (TPSA) is 112 Å². The van der Waals surface area contributed by atoms with Gasteiger partial charge in [-0.05, 0) is 6.42 Å². The molecule has 0 amide bonds. The van der Waals surface area contributed by atoms with Crippen molar-refractivity contribution < 1.29 is 26.7 Å². The molecular formula is C9H17ClN2O6S2. The standard InChI is InChI=1S/C9H17ClN2O6S2/c1-19(15,16)11-4-5-12(8(7-11)9(13)14)20(17,18)6-2-3-10/h8H,2-7H2,1H3,(H,13,14). The van der Waals surface area contributed by atoms with Crippen molar-refractivity contribution in [2.75, 3.05) is 37.5 Å². The minimum atomic E-state index is -3.76. The summed E-state index contributed by atoms with van der Waals surface area (Å²) in [6.07, 6.45) is 1.17. The summed E-state index contributed by atoms with van der Waals surface area (Å²) in [6, 6.07) is -1.40. The molecule has 1 fully saturated rings. The molecule has 0 radical (unpaired) electrons. The number of hydrogen-bond donors (Lipinski definition) is 1. The summed E-state index contributed by atoms with van der Waals surface area (Å²) < 4.78 is 48.8. The van der Waals surface area contributed by atoms with E-state index in [0.29, 0.717) is 0 Å². The Hall–Kier alpha value is -0.420. The molecule has 0 aliphatic carbocycles. The number of piperazine rings is 1. The molecule has 1 unspecified atom stereocenters. The number of aliphatic carboxylic acids is 1. The molecule has 20 heavy (non-hydrogen) atoms. The summed E-state index contributed by atoms with van der Waals surface area (Å²) in [5.41, 5.74) is 0. The molecule has 1 saturated heterocycles. The largest absolute Gasteiger partial charge is 0.480 e. The van der Waals surface area contributed by atoms with Gasteiger partial charge in [-0.2, -0.15) is 8.61 Å². The third kappa shape index (κ3) is 4.29. The number of carboxylic acid groups (broad SMARTS) is 1. The van der Waals surface area contributed by atoms with E-state index >= 15 is 0 Å². The maximum atomic E-state index is 12.1. The van der Waals surface area contributed by atoms with E-state index in [2.05, 4.69) is 0 Å². The normalized spacial score (nSPS) is 22.8. The second-order valence-corrected chi connectivity index (χ2v) is 8.85. The van der Waals surface area contributed by atoms with Crippen molar-refractivity contribution in [2.24, 2.45) is 0 Å². The molecule has 8 nitrogen and oxygen atoms in total. The number of halogens is 1. The fraction of sp³-hybridized carbons (Fsp3) is 0.889. The number of sulfonamides is 2. The second kappa shape index (κ2) is 6.56. The molecule has 0 spiro atoms. The number of carbonyl (C=O) groups is 1. The molecule has 0 aromatic heterocycles. The molecule has 11 heteroatoms. The number of nitrogens with zero attached hydrogens (tertiary/aromatic N) is 2. The quantitative estimate of drug-likeness (QED) is 0.614. The molecule has 0 aromatic rings. The summed E-state index contributed by atoms with van der Waals surface area (Å²) in [6.45, 7) is -0.606. The lowest BCUT2D eigenvalue weighted by atomic mass is 10.2. The van der Waals surface area contributed by atoms with Crippen LogP contribution in [0.4, 0.5) is 0 Å². The van der Waals surface area contributed by atoms with E-state index in [-0.39, 0.29) is 37.7 Å². The van der Waals surface area contributed by atoms with Crippen LogP contribution in [0.1, 0.15) is 6.42 Å². The summed E-state index contributed by atoms with van der Waals surface area (Å²) in [5, 5.41) is 9.13. The first kappa shape index (κ1) is 17.6. The molecule has 0 aromatic carbocycles. The molecule has 1 aliphatic heterocycles. The lowest BCUT2D eigenvalue weighted by Gasteiger charge is -2.37. The van der Waals surface area contributed by atoms with E-state index in [1.54, 1.807) is 0 Å².